The van der Waals surface area contributed by atoms with E-state index in [1.807, 2.05) is 0 Å². The first-order chi connectivity index (χ1) is 9.74. The summed E-state index contributed by atoms with van der Waals surface area (Å²) < 4.78 is 50.2. The van der Waals surface area contributed by atoms with Gasteiger partial charge in [0, 0.05) is 13.1 Å². The second-order valence-electron chi connectivity index (χ2n) is 5.10. The fourth-order valence-corrected chi connectivity index (χ4v) is 2.70. The van der Waals surface area contributed by atoms with E-state index in [9.17, 15) is 22.0 Å². The van der Waals surface area contributed by atoms with Crippen molar-refractivity contribution in [3.8, 4) is 0 Å². The summed E-state index contributed by atoms with van der Waals surface area (Å²) >= 11 is 0. The highest BCUT2D eigenvalue weighted by molar-refractivity contribution is 7.89. The van der Waals surface area contributed by atoms with Crippen molar-refractivity contribution in [2.75, 3.05) is 13.1 Å². The third-order valence-corrected chi connectivity index (χ3v) is 4.30. The van der Waals surface area contributed by atoms with Crippen molar-refractivity contribution in [2.45, 2.75) is 24.7 Å². The van der Waals surface area contributed by atoms with Crippen LogP contribution in [0.4, 0.5) is 8.78 Å². The molecule has 5 nitrogen and oxygen atoms in total. The normalized spacial score (nSPS) is 15.0. The van der Waals surface area contributed by atoms with E-state index in [1.54, 1.807) is 6.92 Å². The third kappa shape index (κ3) is 3.56. The zero-order valence-electron chi connectivity index (χ0n) is 11.5. The minimum atomic E-state index is -4.44. The van der Waals surface area contributed by atoms with Crippen LogP contribution in [-0.4, -0.2) is 32.3 Å². The molecule has 1 amide bonds. The minimum absolute atomic E-state index is 0.329. The first-order valence-electron chi connectivity index (χ1n) is 6.55. The molecule has 0 saturated heterocycles. The lowest BCUT2D eigenvalue weighted by Gasteiger charge is -2.21. The minimum Gasteiger partial charge on any atom is -0.339 e. The van der Waals surface area contributed by atoms with Crippen molar-refractivity contribution in [3.05, 3.63) is 29.3 Å². The van der Waals surface area contributed by atoms with E-state index in [0.717, 1.165) is 12.8 Å². The van der Waals surface area contributed by atoms with Gasteiger partial charge >= 0.3 is 0 Å². The summed E-state index contributed by atoms with van der Waals surface area (Å²) in [5.74, 6) is -2.68. The van der Waals surface area contributed by atoms with Gasteiger partial charge in [0.25, 0.3) is 5.91 Å². The predicted octanol–water partition coefficient (Wildman–Crippen LogP) is 1.48. The highest BCUT2D eigenvalue weighted by Gasteiger charge is 2.29. The lowest BCUT2D eigenvalue weighted by molar-refractivity contribution is 0.0751. The van der Waals surface area contributed by atoms with Crippen molar-refractivity contribution in [1.29, 1.82) is 0 Å². The van der Waals surface area contributed by atoms with Crippen LogP contribution in [0.15, 0.2) is 17.0 Å². The zero-order chi connectivity index (χ0) is 15.8. The SMILES string of the molecule is CCN(CC1CC1)C(=O)c1cc(F)cc(S(N)(=O)=O)c1F. The molecule has 1 aliphatic rings. The molecule has 8 heteroatoms. The lowest BCUT2D eigenvalue weighted by atomic mass is 10.1. The summed E-state index contributed by atoms with van der Waals surface area (Å²) in [5.41, 5.74) is -0.610. The average molecular weight is 318 g/mol. The van der Waals surface area contributed by atoms with E-state index in [2.05, 4.69) is 0 Å². The van der Waals surface area contributed by atoms with Crippen LogP contribution in [0.5, 0.6) is 0 Å². The van der Waals surface area contributed by atoms with Crippen LogP contribution in [0.3, 0.4) is 0 Å². The molecule has 1 saturated carbocycles. The molecule has 0 aliphatic heterocycles. The van der Waals surface area contributed by atoms with Gasteiger partial charge in [0.1, 0.15) is 10.7 Å². The van der Waals surface area contributed by atoms with E-state index in [-0.39, 0.29) is 0 Å². The highest BCUT2D eigenvalue weighted by Crippen LogP contribution is 2.30. The maximum Gasteiger partial charge on any atom is 0.256 e. The molecule has 1 fully saturated rings. The van der Waals surface area contributed by atoms with Crippen molar-refractivity contribution < 1.29 is 22.0 Å². The lowest BCUT2D eigenvalue weighted by Crippen LogP contribution is -2.33. The number of benzene rings is 1. The standard InChI is InChI=1S/C13H16F2N2O3S/c1-2-17(7-8-3-4-8)13(18)10-5-9(14)6-11(12(10)15)21(16,19)20/h5-6,8H,2-4,7H2,1H3,(H2,16,19,20). The molecular weight excluding hydrogens is 302 g/mol. The van der Waals surface area contributed by atoms with Gasteiger partial charge in [-0.25, -0.2) is 22.3 Å². The molecule has 2 N–H and O–H groups in total. The Kier molecular flexibility index (Phi) is 4.29. The number of primary sulfonamides is 1. The average Bonchev–Trinajstić information content (AvgIpc) is 3.20. The number of hydrogen-bond donors (Lipinski definition) is 1. The Balaban J connectivity index is 2.42. The number of rotatable bonds is 5. The molecule has 0 heterocycles. The maximum atomic E-state index is 14.2. The number of nitrogens with two attached hydrogens (primary N) is 1. The number of halogens is 2. The molecule has 1 aliphatic carbocycles. The Morgan fingerprint density at radius 3 is 2.48 bits per heavy atom. The van der Waals surface area contributed by atoms with Crippen molar-refractivity contribution >= 4 is 15.9 Å². The topological polar surface area (TPSA) is 80.5 Å². The second kappa shape index (κ2) is 5.69. The largest absolute Gasteiger partial charge is 0.339 e. The van der Waals surface area contributed by atoms with Gasteiger partial charge in [-0.05, 0) is 37.8 Å². The summed E-state index contributed by atoms with van der Waals surface area (Å²) in [7, 11) is -4.44. The van der Waals surface area contributed by atoms with E-state index < -0.39 is 38.0 Å². The molecule has 0 aromatic heterocycles. The number of amides is 1. The maximum absolute atomic E-state index is 14.2. The smallest absolute Gasteiger partial charge is 0.256 e. The van der Waals surface area contributed by atoms with Gasteiger partial charge in [0.2, 0.25) is 10.0 Å². The van der Waals surface area contributed by atoms with Crippen molar-refractivity contribution in [2.24, 2.45) is 11.1 Å². The number of hydrogen-bond acceptors (Lipinski definition) is 3. The van der Waals surface area contributed by atoms with Crippen LogP contribution < -0.4 is 5.14 Å². The second-order valence-corrected chi connectivity index (χ2v) is 6.63. The Morgan fingerprint density at radius 1 is 1.38 bits per heavy atom. The van der Waals surface area contributed by atoms with Gasteiger partial charge in [0.05, 0.1) is 5.56 Å². The summed E-state index contributed by atoms with van der Waals surface area (Å²) in [5, 5.41) is 4.84. The number of sulfonamides is 1. The molecule has 0 unspecified atom stereocenters. The molecule has 0 radical (unpaired) electrons. The van der Waals surface area contributed by atoms with Crippen LogP contribution in [0.25, 0.3) is 0 Å². The van der Waals surface area contributed by atoms with Gasteiger partial charge in [-0.1, -0.05) is 0 Å². The molecule has 1 aromatic rings. The molecule has 2 rings (SSSR count). The Hall–Kier alpha value is -1.54. The first kappa shape index (κ1) is 15.8. The van der Waals surface area contributed by atoms with Gasteiger partial charge in [-0.15, -0.1) is 0 Å². The van der Waals surface area contributed by atoms with Gasteiger partial charge < -0.3 is 4.90 Å². The van der Waals surface area contributed by atoms with Crippen LogP contribution in [0.1, 0.15) is 30.1 Å². The number of carbonyl (C=O) groups is 1. The Bertz CT molecular complexity index is 672. The molecule has 0 spiro atoms. The predicted molar refractivity (Wildman–Crippen MR) is 72.0 cm³/mol. The van der Waals surface area contributed by atoms with E-state index in [0.29, 0.717) is 31.1 Å². The van der Waals surface area contributed by atoms with Crippen molar-refractivity contribution in [1.82, 2.24) is 4.90 Å². The third-order valence-electron chi connectivity index (χ3n) is 3.39. The van der Waals surface area contributed by atoms with E-state index >= 15 is 0 Å². The molecule has 21 heavy (non-hydrogen) atoms. The van der Waals surface area contributed by atoms with Gasteiger partial charge in [-0.3, -0.25) is 4.79 Å². The molecule has 1 aromatic carbocycles. The quantitative estimate of drug-likeness (QED) is 0.893. The van der Waals surface area contributed by atoms with Crippen LogP contribution in [0, 0.1) is 17.6 Å². The Morgan fingerprint density at radius 2 is 2.00 bits per heavy atom. The Labute approximate surface area is 121 Å². The summed E-state index contributed by atoms with van der Waals surface area (Å²) in [6.45, 7) is 2.50. The fourth-order valence-electron chi connectivity index (χ4n) is 2.06. The molecule has 116 valence electrons. The summed E-state index contributed by atoms with van der Waals surface area (Å²) in [4.78, 5) is 12.6. The zero-order valence-corrected chi connectivity index (χ0v) is 12.3. The molecule has 0 bridgehead atoms. The van der Waals surface area contributed by atoms with E-state index in [4.69, 9.17) is 5.14 Å². The van der Waals surface area contributed by atoms with Crippen LogP contribution in [0.2, 0.25) is 0 Å². The summed E-state index contributed by atoms with van der Waals surface area (Å²) in [6, 6.07) is 1.17. The number of nitrogens with zero attached hydrogens (tertiary/aromatic N) is 1. The van der Waals surface area contributed by atoms with Crippen LogP contribution >= 0.6 is 0 Å². The van der Waals surface area contributed by atoms with Crippen molar-refractivity contribution in [3.63, 3.8) is 0 Å². The monoisotopic (exact) mass is 318 g/mol. The van der Waals surface area contributed by atoms with Gasteiger partial charge in [0.15, 0.2) is 5.82 Å². The number of carbonyl (C=O) groups excluding carboxylic acids is 1. The van der Waals surface area contributed by atoms with E-state index in [1.165, 1.54) is 4.90 Å². The molecule has 0 atom stereocenters. The molecular formula is C13H16F2N2O3S. The fraction of sp³-hybridized carbons (Fsp3) is 0.462. The first-order valence-corrected chi connectivity index (χ1v) is 8.09. The highest BCUT2D eigenvalue weighted by atomic mass is 32.2. The van der Waals surface area contributed by atoms with Crippen LogP contribution in [-0.2, 0) is 10.0 Å². The summed E-state index contributed by atoms with van der Waals surface area (Å²) in [6.07, 6.45) is 2.00. The van der Waals surface area contributed by atoms with Gasteiger partial charge in [-0.2, -0.15) is 0 Å².